The minimum Gasteiger partial charge on any atom is -0.507 e. The van der Waals surface area contributed by atoms with E-state index in [-0.39, 0.29) is 107 Å². The Morgan fingerprint density at radius 3 is 0.854 bits per heavy atom. The number of para-hydroxylation sites is 1. The lowest BCUT2D eigenvalue weighted by Crippen LogP contribution is -2.18. The van der Waals surface area contributed by atoms with Crippen molar-refractivity contribution in [3.63, 3.8) is 0 Å². The molecule has 12 aromatic rings. The van der Waals surface area contributed by atoms with Crippen LogP contribution in [0.15, 0.2) is 205 Å². The van der Waals surface area contributed by atoms with Gasteiger partial charge in [0.15, 0.2) is 0 Å². The molecule has 0 spiro atoms. The fourth-order valence-corrected chi connectivity index (χ4v) is 14.3. The van der Waals surface area contributed by atoms with Crippen molar-refractivity contribution >= 4 is 178 Å². The van der Waals surface area contributed by atoms with Crippen LogP contribution in [-0.4, -0.2) is 66.1 Å². The zero-order valence-corrected chi connectivity index (χ0v) is 75.3. The van der Waals surface area contributed by atoms with Gasteiger partial charge in [-0.25, -0.2) is 0 Å². The molecule has 0 heterocycles. The average Bonchev–Trinajstić information content (AvgIpc) is 0.792. The fraction of sp³-hybridized carbons (Fsp3) is 0.143. The highest BCUT2D eigenvalue weighted by Crippen LogP contribution is 2.43. The molecule has 0 saturated heterocycles. The van der Waals surface area contributed by atoms with Crippen LogP contribution < -0.4 is 31.9 Å². The van der Waals surface area contributed by atoms with E-state index in [1.165, 1.54) is 42.5 Å². The maximum absolute atomic E-state index is 13.0. The van der Waals surface area contributed by atoms with Crippen molar-refractivity contribution in [3.8, 4) is 34.5 Å². The summed E-state index contributed by atoms with van der Waals surface area (Å²) in [7, 11) is 0. The Kier molecular flexibility index (Phi) is 37.6. The molecule has 0 aliphatic heterocycles. The lowest BCUT2D eigenvalue weighted by Gasteiger charge is -2.17. The number of rotatable bonds is 12. The Bertz CT molecular complexity index is 5920. The molecule has 0 saturated carbocycles. The third-order valence-corrected chi connectivity index (χ3v) is 19.6. The van der Waals surface area contributed by atoms with Crippen molar-refractivity contribution in [2.24, 2.45) is 0 Å². The van der Waals surface area contributed by atoms with Crippen molar-refractivity contribution in [1.82, 2.24) is 0 Å². The topological polar surface area (TPSA) is 296 Å². The molecule has 130 heavy (non-hydrogen) atoms. The summed E-state index contributed by atoms with van der Waals surface area (Å²) in [5, 5.41) is 74.1. The second-order valence-corrected chi connectivity index (χ2v) is 32.4. The Morgan fingerprint density at radius 1 is 0.269 bits per heavy atom. The third-order valence-electron chi connectivity index (χ3n) is 17.1. The Hall–Kier alpha value is -11.8. The van der Waals surface area contributed by atoms with Crippen LogP contribution >= 0.6 is 109 Å². The van der Waals surface area contributed by atoms with Gasteiger partial charge in [-0.1, -0.05) is 140 Å². The van der Waals surface area contributed by atoms with E-state index in [1.807, 2.05) is 103 Å². The summed E-state index contributed by atoms with van der Waals surface area (Å²) in [6.07, 6.45) is -19.1. The largest absolute Gasteiger partial charge is 0.507 e. The summed E-state index contributed by atoms with van der Waals surface area (Å²) < 4.78 is 153. The number of nitrogens with one attached hydrogen (secondary N) is 6. The molecule has 12 N–H and O–H groups in total. The Balaban J connectivity index is 0.000000241. The van der Waals surface area contributed by atoms with Crippen LogP contribution in [0.2, 0.25) is 40.2 Å². The zero-order chi connectivity index (χ0) is 96.6. The molecule has 12 aromatic carbocycles. The van der Waals surface area contributed by atoms with E-state index in [0.29, 0.717) is 50.6 Å². The van der Waals surface area contributed by atoms with Gasteiger partial charge in [0, 0.05) is 53.0 Å². The van der Waals surface area contributed by atoms with E-state index in [0.717, 1.165) is 85.4 Å². The molecular formula is C91H73BrCl8F12N6O12. The number of amides is 6. The number of phenolic OH excluding ortho intramolecular Hbond substituents is 6. The first kappa shape index (κ1) is 107. The molecule has 0 aliphatic rings. The molecule has 0 unspecified atom stereocenters. The average molecular weight is 2030 g/mol. The van der Waals surface area contributed by atoms with Crippen molar-refractivity contribution in [3.05, 3.63) is 345 Å². The van der Waals surface area contributed by atoms with Crippen molar-refractivity contribution in [2.45, 2.75) is 87.5 Å². The summed E-state index contributed by atoms with van der Waals surface area (Å²) in [6.45, 7) is 15.2. The smallest absolute Gasteiger partial charge is 0.418 e. The monoisotopic (exact) mass is 2030 g/mol. The zero-order valence-electron chi connectivity index (χ0n) is 67.6. The first-order chi connectivity index (χ1) is 59.8. The number of aryl methyl sites for hydroxylation is 8. The first-order valence-corrected chi connectivity index (χ1v) is 40.4. The molecule has 6 amide bonds. The van der Waals surface area contributed by atoms with Crippen LogP contribution in [0.3, 0.4) is 0 Å². The van der Waals surface area contributed by atoms with Crippen LogP contribution in [0.5, 0.6) is 34.5 Å². The predicted octanol–water partition coefficient (Wildman–Crippen LogP) is 29.0. The molecule has 12 rings (SSSR count). The van der Waals surface area contributed by atoms with Gasteiger partial charge in [0.05, 0.1) is 81.4 Å². The van der Waals surface area contributed by atoms with Crippen LogP contribution in [0.1, 0.15) is 136 Å². The van der Waals surface area contributed by atoms with E-state index in [9.17, 15) is 112 Å². The SMILES string of the molecule is C.Cc1cc(Br)cc(NC(=O)c2cc(Cl)cc(Cl)c2O)c1.Cc1cc(C)cc(NC(=O)c2cc(Cl)cc(Cl)c2O)c1.Cc1cc(C)cc(NC(=O)c2ccc(C(F)(F)F)cc2O)c1.Cc1cc(C)cc(NC(=O)c2cccc(Cl)c2O)c1.Cc1cc(Cl)cc(NC(=O)c2ccc(C(F)(F)F)cc2O)c1.O=C(Nc1cc(C(F)(F)F)ccc1C(F)(F)F)c1cc(Cl)cc(Cl)c1O. The number of benzene rings is 12. The highest BCUT2D eigenvalue weighted by Gasteiger charge is 2.39. The van der Waals surface area contributed by atoms with Gasteiger partial charge in [0.1, 0.15) is 34.5 Å². The van der Waals surface area contributed by atoms with E-state index < -0.39 is 105 Å². The number of halogens is 21. The minimum absolute atomic E-state index is 0. The summed E-state index contributed by atoms with van der Waals surface area (Å²) in [5.74, 6) is -7.06. The minimum atomic E-state index is -5.03. The summed E-state index contributed by atoms with van der Waals surface area (Å²) in [6, 6.07) is 44.3. The molecular weight excluding hydrogens is 1960 g/mol. The van der Waals surface area contributed by atoms with Gasteiger partial charge in [0.25, 0.3) is 35.4 Å². The van der Waals surface area contributed by atoms with Crippen LogP contribution in [0.25, 0.3) is 0 Å². The van der Waals surface area contributed by atoms with Gasteiger partial charge in [-0.2, -0.15) is 52.7 Å². The number of carbonyl (C=O) groups is 6. The number of alkyl halides is 12. The standard InChI is InChI=1S/C16H14F3NO2.C15H7Cl2F6NO2.C15H13Cl2NO2.C15H11ClF3NO2.C15H14ClNO2.C14H10BrCl2NO2.CH4/c1-9-5-10(2)7-12(6-9)20-15(22)13-4-3-11(8-14(13)21)16(17,18)19;16-7-4-8(12(25)10(17)5-7)13(26)24-11-3-6(14(18,19)20)1-2-9(11)15(21,22)23;1-8-3-9(2)5-11(4-8)18-15(20)12-6-10(16)7-13(17)14(12)19;1-8-4-10(16)7-11(5-8)20-14(22)12-3-2-9(6-13(12)21)15(17,18)19;1-9-6-10(2)8-11(7-9)17-15(19)12-4-3-5-13(16)14(12)18;1-7-2-8(15)4-10(3-7)18-14(20)11-5-9(16)6-12(17)13(11)19;/h3-8,21H,1-2H3,(H,20,22);1-5,25H,(H,24,26);3-7,19H,1-2H3,(H,18,20);2-7,21H,1H3,(H,20,22);3-8,18H,1-2H3,(H,17,19);2-6,19H,1H3,(H,18,20);1H4. The van der Waals surface area contributed by atoms with E-state index in [4.69, 9.17) is 92.8 Å². The van der Waals surface area contributed by atoms with E-state index in [2.05, 4.69) is 42.5 Å². The summed E-state index contributed by atoms with van der Waals surface area (Å²) in [4.78, 5) is 72.6. The molecule has 39 heteroatoms. The van der Waals surface area contributed by atoms with Crippen molar-refractivity contribution < 1.29 is 112 Å². The predicted molar refractivity (Wildman–Crippen MR) is 487 cm³/mol. The van der Waals surface area contributed by atoms with Crippen LogP contribution in [-0.2, 0) is 24.7 Å². The van der Waals surface area contributed by atoms with Gasteiger partial charge in [-0.15, -0.1) is 0 Å². The van der Waals surface area contributed by atoms with E-state index >= 15 is 0 Å². The molecule has 0 bridgehead atoms. The second-order valence-electron chi connectivity index (χ2n) is 28.1. The maximum Gasteiger partial charge on any atom is 0.418 e. The summed E-state index contributed by atoms with van der Waals surface area (Å²) >= 11 is 49.5. The molecule has 0 aromatic heterocycles. The number of aromatic hydroxyl groups is 6. The normalized spacial score (nSPS) is 11.0. The van der Waals surface area contributed by atoms with E-state index in [1.54, 1.807) is 48.6 Å². The molecule has 0 radical (unpaired) electrons. The molecule has 0 fully saturated rings. The maximum atomic E-state index is 13.0. The number of carbonyl (C=O) groups excluding carboxylic acids is 6. The lowest BCUT2D eigenvalue weighted by molar-refractivity contribution is -0.140. The lowest BCUT2D eigenvalue weighted by atomic mass is 10.1. The van der Waals surface area contributed by atoms with Crippen LogP contribution in [0, 0.1) is 55.4 Å². The van der Waals surface area contributed by atoms with Gasteiger partial charge < -0.3 is 62.5 Å². The molecule has 686 valence electrons. The third kappa shape index (κ3) is 31.5. The van der Waals surface area contributed by atoms with Crippen molar-refractivity contribution in [2.75, 3.05) is 31.9 Å². The molecule has 0 atom stereocenters. The number of phenols is 6. The molecule has 0 aliphatic carbocycles. The fourth-order valence-electron chi connectivity index (χ4n) is 11.7. The Labute approximate surface area is 783 Å². The van der Waals surface area contributed by atoms with Crippen LogP contribution in [0.4, 0.5) is 86.8 Å². The number of anilines is 6. The van der Waals surface area contributed by atoms with Gasteiger partial charge in [0.2, 0.25) is 0 Å². The number of hydrogen-bond acceptors (Lipinski definition) is 12. The van der Waals surface area contributed by atoms with Gasteiger partial charge >= 0.3 is 24.7 Å². The quantitative estimate of drug-likeness (QED) is 0.0509. The highest BCUT2D eigenvalue weighted by atomic mass is 79.9. The van der Waals surface area contributed by atoms with Gasteiger partial charge in [-0.05, 0) is 276 Å². The van der Waals surface area contributed by atoms with Gasteiger partial charge in [-0.3, -0.25) is 28.8 Å². The summed E-state index contributed by atoms with van der Waals surface area (Å²) in [5.41, 5.74) is 3.82. The second kappa shape index (κ2) is 45.7. The Morgan fingerprint density at radius 2 is 0.538 bits per heavy atom. The molecule has 18 nitrogen and oxygen atoms in total. The number of hydrogen-bond donors (Lipinski definition) is 12. The first-order valence-electron chi connectivity index (χ1n) is 36.6. The highest BCUT2D eigenvalue weighted by molar-refractivity contribution is 9.10. The van der Waals surface area contributed by atoms with Crippen molar-refractivity contribution in [1.29, 1.82) is 0 Å².